The Morgan fingerprint density at radius 2 is 2.19 bits per heavy atom. The molecule has 1 N–H and O–H groups in total. The zero-order chi connectivity index (χ0) is 18.4. The number of aromatic nitrogens is 1. The average Bonchev–Trinajstić information content (AvgIpc) is 3.28. The number of rotatable bonds is 8. The van der Waals surface area contributed by atoms with E-state index in [-0.39, 0.29) is 31.1 Å². The summed E-state index contributed by atoms with van der Waals surface area (Å²) in [7, 11) is 0. The molecule has 0 spiro atoms. The lowest BCUT2D eigenvalue weighted by atomic mass is 10.1. The predicted molar refractivity (Wildman–Crippen MR) is 87.0 cm³/mol. The van der Waals surface area contributed by atoms with E-state index in [1.807, 2.05) is 0 Å². The minimum absolute atomic E-state index is 0.0456. The zero-order valence-electron chi connectivity index (χ0n) is 14.2. The third-order valence-corrected chi connectivity index (χ3v) is 4.07. The summed E-state index contributed by atoms with van der Waals surface area (Å²) >= 11 is 0. The lowest BCUT2D eigenvalue weighted by Crippen LogP contribution is -2.30. The number of benzene rings is 1. The molecular weight excluding hydrogens is 346 g/mol. The maximum absolute atomic E-state index is 13.5. The summed E-state index contributed by atoms with van der Waals surface area (Å²) in [5.41, 5.74) is 0.612. The average molecular weight is 366 g/mol. The van der Waals surface area contributed by atoms with Gasteiger partial charge in [-0.15, -0.1) is 0 Å². The van der Waals surface area contributed by atoms with Gasteiger partial charge in [0.1, 0.15) is 18.2 Å². The molecule has 2 heterocycles. The summed E-state index contributed by atoms with van der Waals surface area (Å²) in [5, 5.41) is 6.67. The third kappa shape index (κ3) is 5.34. The van der Waals surface area contributed by atoms with Crippen LogP contribution in [0.4, 0.5) is 8.78 Å². The summed E-state index contributed by atoms with van der Waals surface area (Å²) in [6.07, 6.45) is 1.06. The molecule has 0 radical (unpaired) electrons. The van der Waals surface area contributed by atoms with Crippen molar-refractivity contribution in [1.82, 2.24) is 10.5 Å². The third-order valence-electron chi connectivity index (χ3n) is 4.07. The van der Waals surface area contributed by atoms with Gasteiger partial charge in [-0.2, -0.15) is 0 Å². The highest BCUT2D eigenvalue weighted by molar-refractivity contribution is 5.78. The lowest BCUT2D eigenvalue weighted by molar-refractivity contribution is -0.120. The predicted octanol–water partition coefficient (Wildman–Crippen LogP) is 2.36. The molecule has 0 bridgehead atoms. The van der Waals surface area contributed by atoms with Gasteiger partial charge in [0.2, 0.25) is 5.91 Å². The fourth-order valence-electron chi connectivity index (χ4n) is 2.65. The monoisotopic (exact) mass is 366 g/mol. The molecule has 0 saturated carbocycles. The van der Waals surface area contributed by atoms with Crippen molar-refractivity contribution < 1.29 is 27.6 Å². The summed E-state index contributed by atoms with van der Waals surface area (Å²) in [5.74, 6) is -0.423. The smallest absolute Gasteiger partial charge is 0.226 e. The molecule has 1 aromatic heterocycles. The van der Waals surface area contributed by atoms with Crippen molar-refractivity contribution in [1.29, 1.82) is 0 Å². The number of carbonyl (C=O) groups is 1. The van der Waals surface area contributed by atoms with Crippen LogP contribution in [0.25, 0.3) is 0 Å². The molecule has 1 aliphatic rings. The molecule has 8 heteroatoms. The molecule has 0 aliphatic carbocycles. The summed E-state index contributed by atoms with van der Waals surface area (Å²) in [4.78, 5) is 11.9. The first-order valence-corrected chi connectivity index (χ1v) is 8.40. The number of amides is 1. The van der Waals surface area contributed by atoms with E-state index >= 15 is 0 Å². The Balaban J connectivity index is 1.41. The second kappa shape index (κ2) is 8.86. The Hall–Kier alpha value is -2.32. The van der Waals surface area contributed by atoms with E-state index in [4.69, 9.17) is 14.0 Å². The lowest BCUT2D eigenvalue weighted by Gasteiger charge is -2.08. The van der Waals surface area contributed by atoms with Crippen molar-refractivity contribution in [2.45, 2.75) is 26.1 Å². The Morgan fingerprint density at radius 1 is 1.31 bits per heavy atom. The number of nitrogens with one attached hydrogen (secondary N) is 1. The normalized spacial score (nSPS) is 16.8. The highest BCUT2D eigenvalue weighted by Gasteiger charge is 2.17. The van der Waals surface area contributed by atoms with Crippen LogP contribution in [0.5, 0.6) is 0 Å². The van der Waals surface area contributed by atoms with E-state index in [1.165, 1.54) is 0 Å². The van der Waals surface area contributed by atoms with Crippen LogP contribution in [0.1, 0.15) is 23.4 Å². The first-order valence-electron chi connectivity index (χ1n) is 8.40. The molecule has 1 unspecified atom stereocenters. The maximum atomic E-state index is 13.5. The number of ether oxygens (including phenoxy) is 2. The Bertz CT molecular complexity index is 745. The van der Waals surface area contributed by atoms with Crippen molar-refractivity contribution in [3.8, 4) is 0 Å². The summed E-state index contributed by atoms with van der Waals surface area (Å²) in [6, 6.07) is 4.80. The topological polar surface area (TPSA) is 73.6 Å². The number of carbonyl (C=O) groups excluding carboxylic acids is 1. The number of halogens is 2. The first kappa shape index (κ1) is 18.5. The molecule has 1 atom stereocenters. The van der Waals surface area contributed by atoms with E-state index in [2.05, 4.69) is 10.5 Å². The molecule has 1 fully saturated rings. The van der Waals surface area contributed by atoms with E-state index in [0.717, 1.165) is 31.2 Å². The standard InChI is InChI=1S/C18H20F2N2O4/c19-14-1-2-17(20)13(5-14)10-25-11-16-6-15(22-26-16)7-18(23)21-8-12-3-4-24-9-12/h1-2,5-6,12H,3-4,7-11H2,(H,21,23). The maximum Gasteiger partial charge on any atom is 0.226 e. The molecule has 1 aromatic carbocycles. The van der Waals surface area contributed by atoms with Crippen molar-refractivity contribution >= 4 is 5.91 Å². The van der Waals surface area contributed by atoms with E-state index in [9.17, 15) is 13.6 Å². The molecule has 140 valence electrons. The van der Waals surface area contributed by atoms with Gasteiger partial charge in [-0.25, -0.2) is 8.78 Å². The second-order valence-electron chi connectivity index (χ2n) is 6.22. The fourth-order valence-corrected chi connectivity index (χ4v) is 2.65. The Morgan fingerprint density at radius 3 is 3.00 bits per heavy atom. The quantitative estimate of drug-likeness (QED) is 0.776. The molecule has 26 heavy (non-hydrogen) atoms. The Kier molecular flexibility index (Phi) is 6.30. The summed E-state index contributed by atoms with van der Waals surface area (Å²) < 4.78 is 42.3. The highest BCUT2D eigenvalue weighted by atomic mass is 19.1. The van der Waals surface area contributed by atoms with E-state index in [1.54, 1.807) is 6.07 Å². The number of nitrogens with zero attached hydrogens (tertiary/aromatic N) is 1. The highest BCUT2D eigenvalue weighted by Crippen LogP contribution is 2.13. The number of hydrogen-bond acceptors (Lipinski definition) is 5. The van der Waals surface area contributed by atoms with Gasteiger partial charge >= 0.3 is 0 Å². The largest absolute Gasteiger partial charge is 0.381 e. The van der Waals surface area contributed by atoms with Gasteiger partial charge < -0.3 is 19.3 Å². The van der Waals surface area contributed by atoms with Crippen molar-refractivity contribution in [3.63, 3.8) is 0 Å². The van der Waals surface area contributed by atoms with Crippen molar-refractivity contribution in [3.05, 3.63) is 52.9 Å². The van der Waals surface area contributed by atoms with Crippen LogP contribution in [-0.4, -0.2) is 30.8 Å². The fraction of sp³-hybridized carbons (Fsp3) is 0.444. The second-order valence-corrected chi connectivity index (χ2v) is 6.22. The van der Waals surface area contributed by atoms with Crippen molar-refractivity contribution in [2.24, 2.45) is 5.92 Å². The van der Waals surface area contributed by atoms with Crippen LogP contribution >= 0.6 is 0 Å². The molecule has 1 amide bonds. The van der Waals surface area contributed by atoms with Gasteiger partial charge in [-0.05, 0) is 24.6 Å². The molecule has 6 nitrogen and oxygen atoms in total. The van der Waals surface area contributed by atoms with Gasteiger partial charge in [0.15, 0.2) is 5.76 Å². The van der Waals surface area contributed by atoms with Crippen LogP contribution in [-0.2, 0) is 33.9 Å². The number of hydrogen-bond donors (Lipinski definition) is 1. The Labute approximate surface area is 149 Å². The minimum Gasteiger partial charge on any atom is -0.381 e. The summed E-state index contributed by atoms with van der Waals surface area (Å²) in [6.45, 7) is 1.96. The van der Waals surface area contributed by atoms with Gasteiger partial charge in [0, 0.05) is 30.7 Å². The van der Waals surface area contributed by atoms with Crippen LogP contribution < -0.4 is 5.32 Å². The van der Waals surface area contributed by atoms with E-state index in [0.29, 0.717) is 30.5 Å². The van der Waals surface area contributed by atoms with Gasteiger partial charge in [-0.1, -0.05) is 5.16 Å². The SMILES string of the molecule is O=C(Cc1cc(COCc2cc(F)ccc2F)on1)NCC1CCOC1. The minimum atomic E-state index is -0.533. The zero-order valence-corrected chi connectivity index (χ0v) is 14.2. The van der Waals surface area contributed by atoms with Crippen molar-refractivity contribution in [2.75, 3.05) is 19.8 Å². The van der Waals surface area contributed by atoms with Gasteiger partial charge in [0.25, 0.3) is 0 Å². The molecule has 3 rings (SSSR count). The van der Waals surface area contributed by atoms with Crippen LogP contribution in [0.3, 0.4) is 0 Å². The van der Waals surface area contributed by atoms with Gasteiger partial charge in [-0.3, -0.25) is 4.79 Å². The molecule has 2 aromatic rings. The molecular formula is C18H20F2N2O4. The first-order chi connectivity index (χ1) is 12.6. The van der Waals surface area contributed by atoms with Crippen LogP contribution in [0, 0.1) is 17.6 Å². The van der Waals surface area contributed by atoms with Gasteiger partial charge in [0.05, 0.1) is 25.3 Å². The molecule has 1 saturated heterocycles. The van der Waals surface area contributed by atoms with Crippen LogP contribution in [0.2, 0.25) is 0 Å². The molecule has 1 aliphatic heterocycles. The van der Waals surface area contributed by atoms with E-state index < -0.39 is 11.6 Å². The van der Waals surface area contributed by atoms with Crippen LogP contribution in [0.15, 0.2) is 28.8 Å².